The fourth-order valence-electron chi connectivity index (χ4n) is 7.27. The molecule has 10 heteroatoms. The molecule has 2 aliphatic rings. The lowest BCUT2D eigenvalue weighted by molar-refractivity contribution is -0.136. The molecule has 2 fully saturated rings. The van der Waals surface area contributed by atoms with Crippen molar-refractivity contribution in [3.63, 3.8) is 0 Å². The Bertz CT molecular complexity index is 1520. The third-order valence-electron chi connectivity index (χ3n) is 10.9. The normalized spacial score (nSPS) is 17.6. The van der Waals surface area contributed by atoms with Crippen LogP contribution >= 0.6 is 0 Å². The maximum absolute atomic E-state index is 14.3. The Morgan fingerprint density at radius 1 is 0.764 bits per heavy atom. The van der Waals surface area contributed by atoms with Crippen LogP contribution in [0.2, 0.25) is 0 Å². The molecular weight excluding hydrogens is 695 g/mol. The van der Waals surface area contributed by atoms with E-state index in [2.05, 4.69) is 15.5 Å². The highest BCUT2D eigenvalue weighted by molar-refractivity contribution is 5.97. The van der Waals surface area contributed by atoms with Crippen molar-refractivity contribution in [3.05, 3.63) is 71.8 Å². The average molecular weight is 760 g/mol. The topological polar surface area (TPSA) is 131 Å². The van der Waals surface area contributed by atoms with Gasteiger partial charge in [-0.25, -0.2) is 0 Å². The second kappa shape index (κ2) is 22.1. The minimum Gasteiger partial charge on any atom is -0.379 e. The molecule has 4 atom stereocenters. The first kappa shape index (κ1) is 44.0. The number of Topliss-reactive ketones (excluding diaryl/α,β-unsaturated/α-hetero) is 3. The molecule has 2 aromatic rings. The number of amides is 2. The number of nitrogens with zero attached hydrogens (tertiary/aromatic N) is 1. The Hall–Kier alpha value is -3.73. The summed E-state index contributed by atoms with van der Waals surface area (Å²) in [6, 6.07) is 17.9. The Labute approximate surface area is 328 Å². The van der Waals surface area contributed by atoms with Gasteiger partial charge in [0.25, 0.3) is 0 Å². The van der Waals surface area contributed by atoms with Crippen molar-refractivity contribution in [2.75, 3.05) is 46.1 Å². The van der Waals surface area contributed by atoms with Crippen LogP contribution in [0.1, 0.15) is 90.7 Å². The minimum absolute atomic E-state index is 0.00202. The molecule has 1 aliphatic carbocycles. The van der Waals surface area contributed by atoms with Crippen molar-refractivity contribution in [1.82, 2.24) is 15.5 Å². The van der Waals surface area contributed by atoms with Crippen molar-refractivity contribution in [3.8, 4) is 0 Å². The Balaban J connectivity index is 1.46. The van der Waals surface area contributed by atoms with Crippen LogP contribution in [0.15, 0.2) is 60.7 Å². The van der Waals surface area contributed by atoms with Gasteiger partial charge in [-0.05, 0) is 67.9 Å². The van der Waals surface area contributed by atoms with E-state index in [-0.39, 0.29) is 60.4 Å². The molecule has 302 valence electrons. The lowest BCUT2D eigenvalue weighted by Gasteiger charge is -2.27. The minimum atomic E-state index is -0.837. The van der Waals surface area contributed by atoms with Crippen LogP contribution in [0, 0.1) is 29.1 Å². The molecule has 2 N–H and O–H groups in total. The van der Waals surface area contributed by atoms with Gasteiger partial charge in [-0.2, -0.15) is 0 Å². The zero-order chi connectivity index (χ0) is 39.8. The monoisotopic (exact) mass is 759 g/mol. The number of carbonyl (C=O) groups excluding carboxylic acids is 5. The number of hydrogen-bond donors (Lipinski definition) is 2. The molecule has 1 saturated carbocycles. The number of carbonyl (C=O) groups is 5. The maximum Gasteiger partial charge on any atom is 0.224 e. The van der Waals surface area contributed by atoms with E-state index in [4.69, 9.17) is 9.47 Å². The summed E-state index contributed by atoms with van der Waals surface area (Å²) in [5.41, 5.74) is 1.56. The van der Waals surface area contributed by atoms with Crippen LogP contribution in [0.3, 0.4) is 0 Å². The molecule has 0 radical (unpaired) electrons. The highest BCUT2D eigenvalue weighted by Gasteiger charge is 2.48. The van der Waals surface area contributed by atoms with Gasteiger partial charge in [-0.1, -0.05) is 95.3 Å². The predicted molar refractivity (Wildman–Crippen MR) is 214 cm³/mol. The van der Waals surface area contributed by atoms with Crippen molar-refractivity contribution in [2.24, 2.45) is 29.1 Å². The molecule has 55 heavy (non-hydrogen) atoms. The molecular formula is C45H65N3O7. The largest absolute Gasteiger partial charge is 0.379 e. The first-order valence-corrected chi connectivity index (χ1v) is 20.5. The first-order valence-electron chi connectivity index (χ1n) is 20.5. The summed E-state index contributed by atoms with van der Waals surface area (Å²) in [5.74, 6) is -2.13. The van der Waals surface area contributed by atoms with Crippen LogP contribution in [-0.2, 0) is 46.3 Å². The van der Waals surface area contributed by atoms with E-state index >= 15 is 0 Å². The number of hydrogen-bond acceptors (Lipinski definition) is 8. The SMILES string of the molecule is CC(C)CC(NC(=O)C(CC(=O)[C@H](CC(C)C)NC(=O)[C@H](CCc1ccccc1)CC(=O)COCCN1CCOCC1)Cc1ccccc1)C(=O)C1(C)CC1. The van der Waals surface area contributed by atoms with Gasteiger partial charge in [0.2, 0.25) is 11.8 Å². The van der Waals surface area contributed by atoms with Gasteiger partial charge in [0.15, 0.2) is 17.3 Å². The van der Waals surface area contributed by atoms with E-state index in [0.717, 1.165) is 37.1 Å². The number of rotatable bonds is 25. The molecule has 1 saturated heterocycles. The van der Waals surface area contributed by atoms with Gasteiger partial charge in [0.05, 0.1) is 31.9 Å². The Morgan fingerprint density at radius 3 is 1.93 bits per heavy atom. The van der Waals surface area contributed by atoms with Gasteiger partial charge in [-0.3, -0.25) is 28.9 Å². The van der Waals surface area contributed by atoms with Crippen LogP contribution in [0.5, 0.6) is 0 Å². The quantitative estimate of drug-likeness (QED) is 0.122. The Kier molecular flexibility index (Phi) is 17.7. The molecule has 2 unspecified atom stereocenters. The average Bonchev–Trinajstić information content (AvgIpc) is 3.92. The van der Waals surface area contributed by atoms with E-state index in [1.807, 2.05) is 95.3 Å². The summed E-state index contributed by atoms with van der Waals surface area (Å²) in [6.45, 7) is 14.1. The number of aryl methyl sites for hydroxylation is 1. The zero-order valence-corrected chi connectivity index (χ0v) is 33.9. The smallest absolute Gasteiger partial charge is 0.224 e. The van der Waals surface area contributed by atoms with Gasteiger partial charge >= 0.3 is 0 Å². The molecule has 10 nitrogen and oxygen atoms in total. The fraction of sp³-hybridized carbons (Fsp3) is 0.622. The molecule has 2 amide bonds. The second-order valence-corrected chi connectivity index (χ2v) is 16.8. The van der Waals surface area contributed by atoms with Crippen LogP contribution < -0.4 is 10.6 Å². The number of ether oxygens (including phenoxy) is 2. The lowest BCUT2D eigenvalue weighted by atomic mass is 9.87. The van der Waals surface area contributed by atoms with Crippen molar-refractivity contribution in [2.45, 2.75) is 104 Å². The van der Waals surface area contributed by atoms with Crippen molar-refractivity contribution >= 4 is 29.2 Å². The molecule has 2 aromatic carbocycles. The van der Waals surface area contributed by atoms with Crippen LogP contribution in [0.25, 0.3) is 0 Å². The Morgan fingerprint density at radius 2 is 1.33 bits per heavy atom. The van der Waals surface area contributed by atoms with E-state index in [1.54, 1.807) is 0 Å². The standard InChI is InChI=1S/C45H65N3O7/c1-32(2)26-39(41(50)30-37(28-35-14-10-7-11-15-35)44(53)47-40(27-33(3)4)42(51)45(5)18-19-45)46-43(52)36(17-16-34-12-8-6-9-13-34)29-38(49)31-55-25-22-48-20-23-54-24-21-48/h6-15,32-33,36-37,39-40H,16-31H2,1-5H3,(H,46,52)(H,47,53)/t36-,37?,39+,40?/m1/s1. The summed E-state index contributed by atoms with van der Waals surface area (Å²) >= 11 is 0. The summed E-state index contributed by atoms with van der Waals surface area (Å²) in [7, 11) is 0. The third kappa shape index (κ3) is 15.4. The third-order valence-corrected chi connectivity index (χ3v) is 10.9. The summed E-state index contributed by atoms with van der Waals surface area (Å²) in [6.07, 6.45) is 3.81. The first-order chi connectivity index (χ1) is 26.3. The van der Waals surface area contributed by atoms with E-state index in [0.29, 0.717) is 58.5 Å². The molecule has 0 aromatic heterocycles. The lowest BCUT2D eigenvalue weighted by Crippen LogP contribution is -2.49. The summed E-state index contributed by atoms with van der Waals surface area (Å²) < 4.78 is 11.1. The van der Waals surface area contributed by atoms with E-state index < -0.39 is 29.3 Å². The van der Waals surface area contributed by atoms with E-state index in [9.17, 15) is 24.0 Å². The van der Waals surface area contributed by atoms with Gasteiger partial charge in [0, 0.05) is 49.7 Å². The number of ketones is 3. The molecule has 0 spiro atoms. The predicted octanol–water partition coefficient (Wildman–Crippen LogP) is 5.79. The summed E-state index contributed by atoms with van der Waals surface area (Å²) in [4.78, 5) is 71.4. The van der Waals surface area contributed by atoms with Gasteiger partial charge < -0.3 is 20.1 Å². The van der Waals surface area contributed by atoms with Gasteiger partial charge in [-0.15, -0.1) is 0 Å². The fourth-order valence-corrected chi connectivity index (χ4v) is 7.27. The highest BCUT2D eigenvalue weighted by Crippen LogP contribution is 2.47. The van der Waals surface area contributed by atoms with E-state index in [1.165, 1.54) is 0 Å². The summed E-state index contributed by atoms with van der Waals surface area (Å²) in [5, 5.41) is 6.10. The van der Waals surface area contributed by atoms with Crippen LogP contribution in [0.4, 0.5) is 0 Å². The van der Waals surface area contributed by atoms with Crippen LogP contribution in [-0.4, -0.2) is 92.2 Å². The second-order valence-electron chi connectivity index (χ2n) is 16.8. The highest BCUT2D eigenvalue weighted by atomic mass is 16.5. The molecule has 1 heterocycles. The van der Waals surface area contributed by atoms with Crippen molar-refractivity contribution in [1.29, 1.82) is 0 Å². The molecule has 1 aliphatic heterocycles. The zero-order valence-electron chi connectivity index (χ0n) is 33.9. The maximum atomic E-state index is 14.3. The molecule has 4 rings (SSSR count). The van der Waals surface area contributed by atoms with Gasteiger partial charge in [0.1, 0.15) is 6.61 Å². The number of morpholine rings is 1. The van der Waals surface area contributed by atoms with Crippen molar-refractivity contribution < 1.29 is 33.4 Å². The number of benzene rings is 2. The number of nitrogens with one attached hydrogen (secondary N) is 2. The molecule has 0 bridgehead atoms.